The number of imidazole rings is 1. The van der Waals surface area contributed by atoms with Gasteiger partial charge >= 0.3 is 0 Å². The first kappa shape index (κ1) is 57.5. The van der Waals surface area contributed by atoms with Gasteiger partial charge in [0.2, 0.25) is 11.8 Å². The van der Waals surface area contributed by atoms with Crippen LogP contribution in [0.25, 0.3) is 11.2 Å². The van der Waals surface area contributed by atoms with E-state index in [0.717, 1.165) is 86.8 Å². The lowest BCUT2D eigenvalue weighted by Gasteiger charge is -2.36. The number of ether oxygens (including phenoxy) is 1. The molecule has 1 aliphatic heterocycles. The van der Waals surface area contributed by atoms with Crippen LogP contribution in [0.15, 0.2) is 24.8 Å². The number of allylic oxidation sites excluding steroid dienone is 2. The van der Waals surface area contributed by atoms with Crippen molar-refractivity contribution in [2.75, 3.05) is 37.8 Å². The number of phosphoric acid groups is 3. The largest absolute Gasteiger partial charge is 0.790 e. The quantitative estimate of drug-likeness (QED) is 0.0411. The number of nitrogens with zero attached hydrogens (tertiary/aromatic N) is 4. The van der Waals surface area contributed by atoms with Crippen LogP contribution >= 0.6 is 35.2 Å². The van der Waals surface area contributed by atoms with Crippen molar-refractivity contribution in [2.24, 2.45) is 17.3 Å². The third-order valence-corrected chi connectivity index (χ3v) is 15.2. The first-order valence-corrected chi connectivity index (χ1v) is 27.5. The number of nitrogens with two attached hydrogens (primary N) is 1. The van der Waals surface area contributed by atoms with Crippen molar-refractivity contribution in [3.05, 3.63) is 24.8 Å². The summed E-state index contributed by atoms with van der Waals surface area (Å²) in [5.41, 5.74) is 4.07. The lowest BCUT2D eigenvalue weighted by molar-refractivity contribution is -0.347. The number of fused-ring (bicyclic) bond motifs is 1. The van der Waals surface area contributed by atoms with Gasteiger partial charge in [-0.15, -0.1) is 0 Å². The van der Waals surface area contributed by atoms with E-state index in [1.54, 1.807) is 0 Å². The van der Waals surface area contributed by atoms with Crippen molar-refractivity contribution >= 4 is 74.9 Å². The molecule has 2 aromatic heterocycles. The fraction of sp³-hybridized carbons (Fsp3) is 0.718. The summed E-state index contributed by atoms with van der Waals surface area (Å²) >= 11 is 1.11. The van der Waals surface area contributed by atoms with Crippen LogP contribution in [0.3, 0.4) is 0 Å². The molecule has 3 heterocycles. The highest BCUT2D eigenvalue weighted by atomic mass is 32.2. The zero-order valence-corrected chi connectivity index (χ0v) is 41.4. The number of Topliss-reactive ketones (excluding diaryl/α,β-unsaturated/α-hetero) is 1. The molecule has 0 bridgehead atoms. The minimum Gasteiger partial charge on any atom is -0.790 e. The van der Waals surface area contributed by atoms with E-state index in [1.165, 1.54) is 13.8 Å². The Morgan fingerprint density at radius 2 is 1.72 bits per heavy atom. The molecule has 0 aromatic carbocycles. The number of carbonyl (C=O) groups is 4. The monoisotopic (exact) mass is 1040 g/mol. The molecule has 1 aliphatic carbocycles. The number of aliphatic hydroxyl groups is 2. The Hall–Kier alpha value is -3.03. The van der Waals surface area contributed by atoms with Gasteiger partial charge in [0, 0.05) is 49.4 Å². The zero-order chi connectivity index (χ0) is 50.3. The molecule has 0 radical (unpaired) electrons. The predicted octanol–water partition coefficient (Wildman–Crippen LogP) is 0.819. The van der Waals surface area contributed by atoms with Gasteiger partial charge in [-0.3, -0.25) is 32.9 Å². The maximum Gasteiger partial charge on any atom is 0.274 e. The van der Waals surface area contributed by atoms with Gasteiger partial charge in [0.1, 0.15) is 42.0 Å². The summed E-state index contributed by atoms with van der Waals surface area (Å²) in [5, 5.41) is 26.4. The third kappa shape index (κ3) is 18.3. The number of nitrogens with one attached hydrogen (secondary N) is 2. The van der Waals surface area contributed by atoms with E-state index in [-0.39, 0.29) is 47.5 Å². The van der Waals surface area contributed by atoms with E-state index < -0.39 is 84.6 Å². The van der Waals surface area contributed by atoms with Gasteiger partial charge in [-0.05, 0) is 38.0 Å². The van der Waals surface area contributed by atoms with Crippen LogP contribution in [0.1, 0.15) is 104 Å². The van der Waals surface area contributed by atoms with E-state index in [1.807, 2.05) is 0 Å². The molecule has 29 heteroatoms. The second kappa shape index (κ2) is 26.4. The molecule has 2 fully saturated rings. The number of amides is 2. The van der Waals surface area contributed by atoms with Crippen LogP contribution in [0.5, 0.6) is 0 Å². The molecular formula is C39H60N7O18P3S-4. The van der Waals surface area contributed by atoms with E-state index in [0.29, 0.717) is 30.3 Å². The zero-order valence-electron chi connectivity index (χ0n) is 37.9. The summed E-state index contributed by atoms with van der Waals surface area (Å²) in [4.78, 5) is 109. The lowest BCUT2D eigenvalue weighted by atomic mass is 9.87. The fourth-order valence-electron chi connectivity index (χ4n) is 7.61. The van der Waals surface area contributed by atoms with Crippen molar-refractivity contribution in [3.63, 3.8) is 0 Å². The molecule has 4 rings (SSSR count). The molecule has 1 saturated heterocycles. The predicted molar refractivity (Wildman–Crippen MR) is 236 cm³/mol. The Balaban J connectivity index is 1.09. The topological polar surface area (TPSA) is 392 Å². The standard InChI is InChI=1S/C39H64N7O18P3S/c1-4-5-9-13-26-25(15-16-27(26)47)12-10-7-6-8-11-14-30(49)68-20-19-41-29(48)17-18-42-37(52)34(51)39(2,3)22-61-67(58,59)64-66(56,57)60-21-28-33(63-65(53,54)55)32(50)38(62-28)46-24-45-31-35(40)43-23-44-36(31)46/h5,9,23-26,28,32-34,38,50-51H,4,6-8,10-22H2,1-3H3,(H,41,48)(H,42,52)(H,56,57)(H,58,59)(H2,40,43,44)(H2,53,54,55)/p-4/b9-5-/t25-,26-,28+,32+,33+,34-,38+/m0/s1. The van der Waals surface area contributed by atoms with E-state index in [9.17, 15) is 62.7 Å². The first-order valence-electron chi connectivity index (χ1n) is 22.1. The van der Waals surface area contributed by atoms with Gasteiger partial charge in [-0.1, -0.05) is 70.4 Å². The lowest BCUT2D eigenvalue weighted by Crippen LogP contribution is -2.46. The van der Waals surface area contributed by atoms with Crippen molar-refractivity contribution in [1.29, 1.82) is 0 Å². The number of ketones is 1. The second-order valence-electron chi connectivity index (χ2n) is 17.0. The van der Waals surface area contributed by atoms with Crippen molar-refractivity contribution in [1.82, 2.24) is 30.2 Å². The first-order chi connectivity index (χ1) is 31.9. The molecule has 0 spiro atoms. The molecule has 68 heavy (non-hydrogen) atoms. The second-order valence-corrected chi connectivity index (χ2v) is 22.2. The Kier molecular flexibility index (Phi) is 22.4. The average Bonchev–Trinajstić information content (AvgIpc) is 3.94. The highest BCUT2D eigenvalue weighted by molar-refractivity contribution is 8.13. The fourth-order valence-corrected chi connectivity index (χ4v) is 11.1. The molecule has 384 valence electrons. The number of thioether (sulfide) groups is 1. The highest BCUT2D eigenvalue weighted by Gasteiger charge is 2.47. The normalized spacial score (nSPS) is 23.5. The van der Waals surface area contributed by atoms with E-state index in [2.05, 4.69) is 62.5 Å². The number of phosphoric ester groups is 3. The van der Waals surface area contributed by atoms with Crippen LogP contribution in [0.4, 0.5) is 5.82 Å². The number of anilines is 1. The molecule has 2 unspecified atom stereocenters. The van der Waals surface area contributed by atoms with Gasteiger partial charge < -0.3 is 69.0 Å². The number of nitrogen functional groups attached to an aromatic ring is 1. The minimum absolute atomic E-state index is 0.0207. The molecule has 9 atom stereocenters. The summed E-state index contributed by atoms with van der Waals surface area (Å²) in [6, 6.07) is 0. The summed E-state index contributed by atoms with van der Waals surface area (Å²) in [7, 11) is -17.6. The maximum atomic E-state index is 12.7. The molecule has 2 amide bonds. The van der Waals surface area contributed by atoms with Gasteiger partial charge in [-0.25, -0.2) is 19.3 Å². The summed E-state index contributed by atoms with van der Waals surface area (Å²) in [6.07, 6.45) is 6.46. The van der Waals surface area contributed by atoms with Gasteiger partial charge in [0.15, 0.2) is 22.8 Å². The number of aliphatic hydroxyl groups excluding tert-OH is 2. The van der Waals surface area contributed by atoms with Crippen molar-refractivity contribution in [3.8, 4) is 0 Å². The van der Waals surface area contributed by atoms with Gasteiger partial charge in [0.05, 0.1) is 27.4 Å². The molecule has 1 saturated carbocycles. The Labute approximate surface area is 397 Å². The Morgan fingerprint density at radius 3 is 2.44 bits per heavy atom. The minimum atomic E-state index is -5.93. The van der Waals surface area contributed by atoms with E-state index >= 15 is 0 Å². The molecule has 25 nitrogen and oxygen atoms in total. The Morgan fingerprint density at radius 1 is 1.01 bits per heavy atom. The number of carbonyl (C=O) groups excluding carboxylic acids is 4. The van der Waals surface area contributed by atoms with Crippen LogP contribution in [0, 0.1) is 17.3 Å². The van der Waals surface area contributed by atoms with Crippen LogP contribution in [0.2, 0.25) is 0 Å². The third-order valence-electron chi connectivity index (χ3n) is 11.2. The molecule has 6 N–H and O–H groups in total. The maximum absolute atomic E-state index is 12.7. The number of rotatable bonds is 30. The van der Waals surface area contributed by atoms with Crippen molar-refractivity contribution < 1.29 is 85.3 Å². The average molecular weight is 1040 g/mol. The number of aromatic nitrogens is 4. The smallest absolute Gasteiger partial charge is 0.274 e. The van der Waals surface area contributed by atoms with Crippen LogP contribution in [-0.2, 0) is 55.5 Å². The number of hydrogen-bond acceptors (Lipinski definition) is 23. The summed E-state index contributed by atoms with van der Waals surface area (Å²) in [6.45, 7) is 2.19. The van der Waals surface area contributed by atoms with Crippen molar-refractivity contribution in [2.45, 2.75) is 128 Å². The van der Waals surface area contributed by atoms with Crippen LogP contribution < -0.4 is 35.9 Å². The summed E-state index contributed by atoms with van der Waals surface area (Å²) < 4.78 is 60.8. The molecule has 2 aromatic rings. The van der Waals surface area contributed by atoms with Gasteiger partial charge in [0.25, 0.3) is 15.6 Å². The Bertz CT molecular complexity index is 2200. The van der Waals surface area contributed by atoms with E-state index in [4.69, 9.17) is 10.5 Å². The molecular weight excluding hydrogens is 979 g/mol. The summed E-state index contributed by atoms with van der Waals surface area (Å²) in [5.74, 6) is -0.182. The highest BCUT2D eigenvalue weighted by Crippen LogP contribution is 2.56. The number of unbranched alkanes of at least 4 members (excludes halogenated alkanes) is 4. The van der Waals surface area contributed by atoms with Crippen LogP contribution in [-0.4, -0.2) is 109 Å². The molecule has 2 aliphatic rings. The van der Waals surface area contributed by atoms with Gasteiger partial charge in [-0.2, -0.15) is 0 Å². The number of hydrogen-bond donors (Lipinski definition) is 5. The SMILES string of the molecule is CC/C=C\C[C@@H]1C(=O)CC[C@@H]1CCCCCCCC(=O)SCCNC(=O)CCNC(=O)[C@H](O)C(C)(C)COP(=O)([O-])OP(=O)([O-])OC[C@H]1O[C@@H](n2cnc3c(N)ncnc32)[C@H](O)[C@@H]1OP(=O)([O-])[O-].